The highest BCUT2D eigenvalue weighted by Crippen LogP contribution is 2.41. The fraction of sp³-hybridized carbons (Fsp3) is 0.538. The number of fused-ring (bicyclic) bond motifs is 1. The van der Waals surface area contributed by atoms with Gasteiger partial charge in [0.2, 0.25) is 0 Å². The topological polar surface area (TPSA) is 0 Å². The molecule has 0 heterocycles. The molecule has 28 heavy (non-hydrogen) atoms. The first-order chi connectivity index (χ1) is 13.7. The number of hydrogen-bond acceptors (Lipinski definition) is 0. The molecule has 1 saturated carbocycles. The molecule has 0 amide bonds. The maximum absolute atomic E-state index is 14.2. The summed E-state index contributed by atoms with van der Waals surface area (Å²) in [7, 11) is 0. The molecular formula is C26H32F2. The maximum atomic E-state index is 14.2. The molecule has 150 valence electrons. The smallest absolute Gasteiger partial charge is 0.166 e. The standard InChI is InChI=1S/C26H32F2/c1-2-3-5-18-8-10-19(11-9-18)20-12-13-22-17-23(15-14-21(22)16-20)24-6-4-7-25(27)26(24)28/h4,6-7,14-15,17-20H,2-3,5,8-13,16H2,1H3. The molecular weight excluding hydrogens is 350 g/mol. The van der Waals surface area contributed by atoms with Crippen molar-refractivity contribution in [2.24, 2.45) is 17.8 Å². The van der Waals surface area contributed by atoms with Crippen LogP contribution < -0.4 is 0 Å². The summed E-state index contributed by atoms with van der Waals surface area (Å²) >= 11 is 0. The van der Waals surface area contributed by atoms with Crippen molar-refractivity contribution in [1.29, 1.82) is 0 Å². The Morgan fingerprint density at radius 2 is 1.71 bits per heavy atom. The molecule has 0 N–H and O–H groups in total. The monoisotopic (exact) mass is 382 g/mol. The van der Waals surface area contributed by atoms with E-state index in [4.69, 9.17) is 0 Å². The first-order valence-corrected chi connectivity index (χ1v) is 11.2. The molecule has 2 aliphatic rings. The van der Waals surface area contributed by atoms with Crippen LogP contribution in [0.5, 0.6) is 0 Å². The number of benzene rings is 2. The van der Waals surface area contributed by atoms with Gasteiger partial charge in [-0.05, 0) is 72.6 Å². The average Bonchev–Trinajstić information content (AvgIpc) is 2.74. The number of rotatable bonds is 5. The van der Waals surface area contributed by atoms with Crippen LogP contribution in [-0.4, -0.2) is 0 Å². The van der Waals surface area contributed by atoms with Crippen LogP contribution in [0.2, 0.25) is 0 Å². The summed E-state index contributed by atoms with van der Waals surface area (Å²) in [5.74, 6) is 1.14. The Kier molecular flexibility index (Phi) is 6.13. The highest BCUT2D eigenvalue weighted by atomic mass is 19.2. The Hall–Kier alpha value is -1.70. The molecule has 0 aromatic heterocycles. The van der Waals surface area contributed by atoms with E-state index in [0.29, 0.717) is 5.56 Å². The van der Waals surface area contributed by atoms with Crippen LogP contribution in [0.1, 0.15) is 69.4 Å². The lowest BCUT2D eigenvalue weighted by Crippen LogP contribution is -2.26. The van der Waals surface area contributed by atoms with Gasteiger partial charge in [-0.25, -0.2) is 8.78 Å². The van der Waals surface area contributed by atoms with Crippen LogP contribution in [0.3, 0.4) is 0 Å². The maximum Gasteiger partial charge on any atom is 0.166 e. The van der Waals surface area contributed by atoms with Crippen LogP contribution in [0.15, 0.2) is 36.4 Å². The van der Waals surface area contributed by atoms with Gasteiger partial charge in [0.05, 0.1) is 0 Å². The highest BCUT2D eigenvalue weighted by molar-refractivity contribution is 5.66. The lowest BCUT2D eigenvalue weighted by Gasteiger charge is -2.36. The van der Waals surface area contributed by atoms with E-state index < -0.39 is 11.6 Å². The van der Waals surface area contributed by atoms with E-state index in [2.05, 4.69) is 19.1 Å². The van der Waals surface area contributed by atoms with Crippen LogP contribution in [0.4, 0.5) is 8.78 Å². The van der Waals surface area contributed by atoms with Crippen molar-refractivity contribution in [2.45, 2.75) is 71.1 Å². The molecule has 2 aromatic carbocycles. The first-order valence-electron chi connectivity index (χ1n) is 11.2. The van der Waals surface area contributed by atoms with Crippen molar-refractivity contribution in [3.05, 3.63) is 59.2 Å². The quantitative estimate of drug-likeness (QED) is 0.496. The fourth-order valence-corrected chi connectivity index (χ4v) is 5.52. The fourth-order valence-electron chi connectivity index (χ4n) is 5.52. The predicted molar refractivity (Wildman–Crippen MR) is 112 cm³/mol. The van der Waals surface area contributed by atoms with Crippen LogP contribution in [0, 0.1) is 29.4 Å². The number of unbranched alkanes of at least 4 members (excludes halogenated alkanes) is 1. The molecule has 0 aliphatic heterocycles. The van der Waals surface area contributed by atoms with E-state index >= 15 is 0 Å². The summed E-state index contributed by atoms with van der Waals surface area (Å²) in [6, 6.07) is 10.7. The van der Waals surface area contributed by atoms with Crippen molar-refractivity contribution in [3.8, 4) is 11.1 Å². The highest BCUT2D eigenvalue weighted by Gasteiger charge is 2.30. The molecule has 2 heteroatoms. The van der Waals surface area contributed by atoms with Gasteiger partial charge in [-0.15, -0.1) is 0 Å². The van der Waals surface area contributed by atoms with Crippen molar-refractivity contribution in [1.82, 2.24) is 0 Å². The molecule has 0 radical (unpaired) electrons. The van der Waals surface area contributed by atoms with Gasteiger partial charge in [-0.3, -0.25) is 0 Å². The number of aryl methyl sites for hydroxylation is 1. The van der Waals surface area contributed by atoms with Crippen molar-refractivity contribution in [2.75, 3.05) is 0 Å². The molecule has 2 aromatic rings. The molecule has 0 bridgehead atoms. The third-order valence-corrected chi connectivity index (χ3v) is 7.26. The Morgan fingerprint density at radius 1 is 0.893 bits per heavy atom. The molecule has 4 rings (SSSR count). The van der Waals surface area contributed by atoms with Crippen LogP contribution in [0.25, 0.3) is 11.1 Å². The minimum atomic E-state index is -0.773. The second kappa shape index (κ2) is 8.76. The molecule has 0 saturated heterocycles. The van der Waals surface area contributed by atoms with Crippen molar-refractivity contribution < 1.29 is 8.78 Å². The van der Waals surface area contributed by atoms with Crippen LogP contribution in [-0.2, 0) is 12.8 Å². The second-order valence-corrected chi connectivity index (χ2v) is 9.01. The Morgan fingerprint density at radius 3 is 2.50 bits per heavy atom. The van der Waals surface area contributed by atoms with Crippen molar-refractivity contribution in [3.63, 3.8) is 0 Å². The lowest BCUT2D eigenvalue weighted by molar-refractivity contribution is 0.183. The summed E-state index contributed by atoms with van der Waals surface area (Å²) in [6.07, 6.45) is 13.3. The second-order valence-electron chi connectivity index (χ2n) is 9.01. The predicted octanol–water partition coefficient (Wildman–Crippen LogP) is 7.73. The Labute approximate surface area is 168 Å². The minimum Gasteiger partial charge on any atom is -0.204 e. The van der Waals surface area contributed by atoms with Crippen molar-refractivity contribution >= 4 is 0 Å². The normalized spacial score (nSPS) is 24.8. The minimum absolute atomic E-state index is 0.371. The van der Waals surface area contributed by atoms with Gasteiger partial charge in [0.25, 0.3) is 0 Å². The first kappa shape index (κ1) is 19.6. The lowest BCUT2D eigenvalue weighted by atomic mass is 9.69. The SMILES string of the molecule is CCCCC1CCC(C2CCc3cc(-c4cccc(F)c4F)ccc3C2)CC1. The third-order valence-electron chi connectivity index (χ3n) is 7.26. The van der Waals surface area contributed by atoms with E-state index in [1.807, 2.05) is 6.07 Å². The van der Waals surface area contributed by atoms with E-state index in [0.717, 1.165) is 36.2 Å². The van der Waals surface area contributed by atoms with Gasteiger partial charge in [-0.2, -0.15) is 0 Å². The zero-order valence-electron chi connectivity index (χ0n) is 17.0. The number of halogens is 2. The average molecular weight is 383 g/mol. The third kappa shape index (κ3) is 4.16. The van der Waals surface area contributed by atoms with E-state index in [1.54, 1.807) is 12.1 Å². The van der Waals surface area contributed by atoms with Gasteiger partial charge >= 0.3 is 0 Å². The Balaban J connectivity index is 1.42. The molecule has 1 atom stereocenters. The summed E-state index contributed by atoms with van der Waals surface area (Å²) < 4.78 is 27.7. The zero-order valence-corrected chi connectivity index (χ0v) is 17.0. The van der Waals surface area contributed by atoms with Gasteiger partial charge in [0.1, 0.15) is 0 Å². The molecule has 0 spiro atoms. The summed E-state index contributed by atoms with van der Waals surface area (Å²) in [6.45, 7) is 2.29. The molecule has 0 nitrogen and oxygen atoms in total. The van der Waals surface area contributed by atoms with Gasteiger partial charge in [0, 0.05) is 5.56 Å². The van der Waals surface area contributed by atoms with E-state index in [-0.39, 0.29) is 0 Å². The van der Waals surface area contributed by atoms with Gasteiger partial charge < -0.3 is 0 Å². The largest absolute Gasteiger partial charge is 0.204 e. The molecule has 2 aliphatic carbocycles. The molecule has 1 unspecified atom stereocenters. The zero-order chi connectivity index (χ0) is 19.5. The van der Waals surface area contributed by atoms with Gasteiger partial charge in [-0.1, -0.05) is 69.4 Å². The number of hydrogen-bond donors (Lipinski definition) is 0. The summed E-state index contributed by atoms with van der Waals surface area (Å²) in [5.41, 5.74) is 3.92. The van der Waals surface area contributed by atoms with Crippen LogP contribution >= 0.6 is 0 Å². The molecule has 1 fully saturated rings. The summed E-state index contributed by atoms with van der Waals surface area (Å²) in [5, 5.41) is 0. The summed E-state index contributed by atoms with van der Waals surface area (Å²) in [4.78, 5) is 0. The van der Waals surface area contributed by atoms with E-state index in [9.17, 15) is 8.78 Å². The Bertz CT molecular complexity index is 802. The van der Waals surface area contributed by atoms with E-state index in [1.165, 1.54) is 68.6 Å². The van der Waals surface area contributed by atoms with Gasteiger partial charge in [0.15, 0.2) is 11.6 Å².